The Kier molecular flexibility index (Phi) is 5.67. The van der Waals surface area contributed by atoms with E-state index in [4.69, 9.17) is 13.9 Å². The fourth-order valence-corrected chi connectivity index (χ4v) is 1.99. The minimum absolute atomic E-state index is 0.0915. The quantitative estimate of drug-likeness (QED) is 0.249. The molecule has 8 nitrogen and oxygen atoms in total. The van der Waals surface area contributed by atoms with Gasteiger partial charge in [0.1, 0.15) is 23.0 Å². The van der Waals surface area contributed by atoms with Crippen molar-refractivity contribution in [2.24, 2.45) is 0 Å². The molecule has 0 aliphatic heterocycles. The van der Waals surface area contributed by atoms with E-state index >= 15 is 0 Å². The first-order valence-corrected chi connectivity index (χ1v) is 7.17. The van der Waals surface area contributed by atoms with Gasteiger partial charge >= 0.3 is 11.9 Å². The van der Waals surface area contributed by atoms with Crippen LogP contribution >= 0.6 is 0 Å². The number of rotatable bonds is 7. The van der Waals surface area contributed by atoms with E-state index in [2.05, 4.69) is 0 Å². The number of benzene rings is 1. The molecule has 0 bridgehead atoms. The predicted octanol–water partition coefficient (Wildman–Crippen LogP) is 3.16. The van der Waals surface area contributed by atoms with Crippen LogP contribution in [0.2, 0.25) is 0 Å². The molecule has 0 aliphatic rings. The third kappa shape index (κ3) is 4.77. The molecule has 0 N–H and O–H groups in total. The van der Waals surface area contributed by atoms with Gasteiger partial charge < -0.3 is 13.9 Å². The highest BCUT2D eigenvalue weighted by Crippen LogP contribution is 2.21. The van der Waals surface area contributed by atoms with Crippen LogP contribution in [0.25, 0.3) is 6.08 Å². The number of Topliss-reactive ketones (excluding diaryl/α,β-unsaturated/α-hetero) is 1. The number of nitro groups is 1. The number of carbonyl (C=O) groups excluding carboxylic acids is 2. The summed E-state index contributed by atoms with van der Waals surface area (Å²) in [6.45, 7) is 1.34. The number of hydrogen-bond acceptors (Lipinski definition) is 7. The molecule has 1 aromatic heterocycles. The molecule has 0 fully saturated rings. The van der Waals surface area contributed by atoms with E-state index in [1.54, 1.807) is 18.2 Å². The summed E-state index contributed by atoms with van der Waals surface area (Å²) in [5.41, 5.74) is 1.02. The summed E-state index contributed by atoms with van der Waals surface area (Å²) >= 11 is 0. The molecule has 130 valence electrons. The number of hydrogen-bond donors (Lipinski definition) is 0. The van der Waals surface area contributed by atoms with Crippen LogP contribution in [0, 0.1) is 10.1 Å². The highest BCUT2D eigenvalue weighted by Gasteiger charge is 2.11. The van der Waals surface area contributed by atoms with Crippen molar-refractivity contribution in [3.05, 3.63) is 63.4 Å². The summed E-state index contributed by atoms with van der Waals surface area (Å²) in [4.78, 5) is 33.0. The lowest BCUT2D eigenvalue weighted by Crippen LogP contribution is -2.04. The molecule has 8 heteroatoms. The van der Waals surface area contributed by atoms with Crippen LogP contribution in [-0.4, -0.2) is 23.8 Å². The Hall–Kier alpha value is -3.42. The number of methoxy groups -OCH3 is 1. The van der Waals surface area contributed by atoms with Crippen molar-refractivity contribution in [3.8, 4) is 5.75 Å². The number of furan rings is 1. The van der Waals surface area contributed by atoms with Crippen LogP contribution in [0.1, 0.15) is 28.6 Å². The van der Waals surface area contributed by atoms with E-state index in [0.717, 1.165) is 6.08 Å². The van der Waals surface area contributed by atoms with Crippen molar-refractivity contribution in [2.75, 3.05) is 7.11 Å². The maximum Gasteiger partial charge on any atom is 0.433 e. The molecule has 0 spiro atoms. The lowest BCUT2D eigenvalue weighted by molar-refractivity contribution is -0.402. The second-order valence-electron chi connectivity index (χ2n) is 4.96. The minimum atomic E-state index is -0.677. The van der Waals surface area contributed by atoms with Crippen molar-refractivity contribution in [1.29, 1.82) is 0 Å². The van der Waals surface area contributed by atoms with E-state index in [1.165, 1.54) is 32.2 Å². The summed E-state index contributed by atoms with van der Waals surface area (Å²) in [5, 5.41) is 10.5. The lowest BCUT2D eigenvalue weighted by atomic mass is 10.1. The summed E-state index contributed by atoms with van der Waals surface area (Å²) in [5.74, 6) is -0.564. The maximum absolute atomic E-state index is 11.8. The Balaban J connectivity index is 2.01. The number of nitrogens with zero attached hydrogens (tertiary/aromatic N) is 1. The van der Waals surface area contributed by atoms with E-state index in [1.807, 2.05) is 0 Å². The van der Waals surface area contributed by atoms with Gasteiger partial charge in [0.2, 0.25) is 0 Å². The van der Waals surface area contributed by atoms with Gasteiger partial charge in [-0.25, -0.2) is 4.79 Å². The topological polar surface area (TPSA) is 109 Å². The van der Waals surface area contributed by atoms with Gasteiger partial charge in [0, 0.05) is 17.2 Å². The number of ether oxygens (including phenoxy) is 2. The maximum atomic E-state index is 11.8. The second kappa shape index (κ2) is 7.91. The zero-order chi connectivity index (χ0) is 18.4. The van der Waals surface area contributed by atoms with Gasteiger partial charge in [-0.2, -0.15) is 0 Å². The molecule has 0 saturated carbocycles. The lowest BCUT2D eigenvalue weighted by Gasteiger charge is -2.09. The first-order chi connectivity index (χ1) is 11.9. The predicted molar refractivity (Wildman–Crippen MR) is 87.2 cm³/mol. The first kappa shape index (κ1) is 17.9. The fraction of sp³-hybridized carbons (Fsp3) is 0.176. The fourth-order valence-electron chi connectivity index (χ4n) is 1.99. The monoisotopic (exact) mass is 345 g/mol. The number of esters is 1. The summed E-state index contributed by atoms with van der Waals surface area (Å²) < 4.78 is 15.1. The number of ketones is 1. The Bertz CT molecular complexity index is 835. The van der Waals surface area contributed by atoms with Gasteiger partial charge in [-0.3, -0.25) is 14.9 Å². The highest BCUT2D eigenvalue weighted by molar-refractivity contribution is 5.94. The van der Waals surface area contributed by atoms with Crippen LogP contribution in [0.5, 0.6) is 5.75 Å². The largest absolute Gasteiger partial charge is 0.496 e. The van der Waals surface area contributed by atoms with Gasteiger partial charge in [0.15, 0.2) is 5.78 Å². The van der Waals surface area contributed by atoms with E-state index in [9.17, 15) is 19.7 Å². The highest BCUT2D eigenvalue weighted by atomic mass is 16.6. The zero-order valence-corrected chi connectivity index (χ0v) is 13.6. The average molecular weight is 345 g/mol. The molecule has 0 aliphatic carbocycles. The third-order valence-corrected chi connectivity index (χ3v) is 3.23. The normalized spacial score (nSPS) is 10.6. The van der Waals surface area contributed by atoms with Crippen molar-refractivity contribution < 1.29 is 28.4 Å². The second-order valence-corrected chi connectivity index (χ2v) is 4.96. The molecule has 0 atom stereocenters. The molecule has 0 radical (unpaired) electrons. The smallest absolute Gasteiger partial charge is 0.433 e. The van der Waals surface area contributed by atoms with Crippen LogP contribution in [0.3, 0.4) is 0 Å². The molecule has 1 aromatic carbocycles. The SMILES string of the molecule is COc1ccc(C(C)=O)cc1COC(=O)/C=C/c1ccc([N+](=O)[O-])o1. The van der Waals surface area contributed by atoms with Crippen molar-refractivity contribution in [3.63, 3.8) is 0 Å². The van der Waals surface area contributed by atoms with Crippen LogP contribution in [0.15, 0.2) is 40.8 Å². The molecule has 0 amide bonds. The molecule has 2 rings (SSSR count). The van der Waals surface area contributed by atoms with Gasteiger partial charge in [0.05, 0.1) is 13.2 Å². The molecule has 1 heterocycles. The van der Waals surface area contributed by atoms with Gasteiger partial charge in [-0.1, -0.05) is 0 Å². The summed E-state index contributed by atoms with van der Waals surface area (Å²) in [6, 6.07) is 7.38. The average Bonchev–Trinajstić information content (AvgIpc) is 3.07. The third-order valence-electron chi connectivity index (χ3n) is 3.23. The summed E-state index contributed by atoms with van der Waals surface area (Å²) in [7, 11) is 1.47. The van der Waals surface area contributed by atoms with E-state index < -0.39 is 16.8 Å². The molecular weight excluding hydrogens is 330 g/mol. The standard InChI is InChI=1S/C17H15NO7/c1-11(19)12-3-6-15(23-2)13(9-12)10-24-17(20)8-5-14-4-7-16(25-14)18(21)22/h3-9H,10H2,1-2H3/b8-5+. The Morgan fingerprint density at radius 3 is 2.64 bits per heavy atom. The number of carbonyl (C=O) groups is 2. The van der Waals surface area contributed by atoms with Crippen molar-refractivity contribution >= 4 is 23.7 Å². The molecular formula is C17H15NO7. The van der Waals surface area contributed by atoms with Gasteiger partial charge in [0.25, 0.3) is 0 Å². The molecule has 0 unspecified atom stereocenters. The first-order valence-electron chi connectivity index (χ1n) is 7.17. The Morgan fingerprint density at radius 1 is 1.28 bits per heavy atom. The van der Waals surface area contributed by atoms with Gasteiger partial charge in [-0.05, 0) is 37.3 Å². The zero-order valence-electron chi connectivity index (χ0n) is 13.6. The minimum Gasteiger partial charge on any atom is -0.496 e. The van der Waals surface area contributed by atoms with E-state index in [-0.39, 0.29) is 18.2 Å². The van der Waals surface area contributed by atoms with Crippen LogP contribution < -0.4 is 4.74 Å². The van der Waals surface area contributed by atoms with Crippen molar-refractivity contribution in [1.82, 2.24) is 0 Å². The molecule has 2 aromatic rings. The Labute approximate surface area is 142 Å². The van der Waals surface area contributed by atoms with Gasteiger partial charge in [-0.15, -0.1) is 0 Å². The van der Waals surface area contributed by atoms with Crippen molar-refractivity contribution in [2.45, 2.75) is 13.5 Å². The molecule has 0 saturated heterocycles. The Morgan fingerprint density at radius 2 is 2.04 bits per heavy atom. The summed E-state index contributed by atoms with van der Waals surface area (Å²) in [6.07, 6.45) is 2.35. The van der Waals surface area contributed by atoms with Crippen LogP contribution in [-0.2, 0) is 16.1 Å². The van der Waals surface area contributed by atoms with Crippen LogP contribution in [0.4, 0.5) is 5.88 Å². The molecule has 25 heavy (non-hydrogen) atoms. The van der Waals surface area contributed by atoms with E-state index in [0.29, 0.717) is 16.9 Å².